The molecule has 0 atom stereocenters. The van der Waals surface area contributed by atoms with E-state index in [1.807, 2.05) is 13.0 Å². The minimum absolute atomic E-state index is 0.472. The molecule has 0 bridgehead atoms. The predicted octanol–water partition coefficient (Wildman–Crippen LogP) is 1.60. The third kappa shape index (κ3) is 3.41. The molecule has 0 aliphatic carbocycles. The van der Waals surface area contributed by atoms with Crippen molar-refractivity contribution in [2.45, 2.75) is 26.8 Å². The average molecular weight is 248 g/mol. The Balaban J connectivity index is 2.00. The molecule has 2 aromatic heterocycles. The molecule has 0 fully saturated rings. The molecule has 2 heterocycles. The molecule has 0 aliphatic heterocycles. The maximum absolute atomic E-state index is 4.66. The van der Waals surface area contributed by atoms with Gasteiger partial charge in [0, 0.05) is 12.6 Å². The van der Waals surface area contributed by atoms with E-state index in [1.165, 1.54) is 6.39 Å². The highest BCUT2D eigenvalue weighted by Gasteiger charge is 2.03. The average Bonchev–Trinajstić information content (AvgIpc) is 2.86. The van der Waals surface area contributed by atoms with Gasteiger partial charge in [0.1, 0.15) is 17.5 Å². The van der Waals surface area contributed by atoms with Crippen molar-refractivity contribution in [1.29, 1.82) is 0 Å². The van der Waals surface area contributed by atoms with E-state index < -0.39 is 0 Å². The van der Waals surface area contributed by atoms with Crippen molar-refractivity contribution in [3.63, 3.8) is 0 Å². The SMILES string of the molecule is CCCNc1cc(NCc2ncon2)nc(C)n1. The van der Waals surface area contributed by atoms with Crippen molar-refractivity contribution in [2.75, 3.05) is 17.2 Å². The Hall–Kier alpha value is -2.18. The number of nitrogens with zero attached hydrogens (tertiary/aromatic N) is 4. The summed E-state index contributed by atoms with van der Waals surface area (Å²) in [7, 11) is 0. The van der Waals surface area contributed by atoms with Crippen LogP contribution >= 0.6 is 0 Å². The molecule has 2 rings (SSSR count). The summed E-state index contributed by atoms with van der Waals surface area (Å²) in [5.74, 6) is 2.87. The Morgan fingerprint density at radius 2 is 2.00 bits per heavy atom. The Morgan fingerprint density at radius 1 is 1.22 bits per heavy atom. The molecule has 0 saturated heterocycles. The van der Waals surface area contributed by atoms with E-state index in [2.05, 4.69) is 42.2 Å². The predicted molar refractivity (Wildman–Crippen MR) is 67.2 cm³/mol. The monoisotopic (exact) mass is 248 g/mol. The number of rotatable bonds is 6. The van der Waals surface area contributed by atoms with Gasteiger partial charge in [0.25, 0.3) is 0 Å². The molecule has 0 aliphatic rings. The summed E-state index contributed by atoms with van der Waals surface area (Å²) < 4.78 is 4.66. The molecule has 0 amide bonds. The highest BCUT2D eigenvalue weighted by molar-refractivity contribution is 5.47. The summed E-state index contributed by atoms with van der Waals surface area (Å²) in [6, 6.07) is 1.86. The van der Waals surface area contributed by atoms with E-state index in [4.69, 9.17) is 0 Å². The van der Waals surface area contributed by atoms with Crippen LogP contribution in [0.15, 0.2) is 17.0 Å². The van der Waals surface area contributed by atoms with Gasteiger partial charge in [-0.05, 0) is 13.3 Å². The van der Waals surface area contributed by atoms with Gasteiger partial charge in [-0.1, -0.05) is 12.1 Å². The smallest absolute Gasteiger partial charge is 0.213 e. The van der Waals surface area contributed by atoms with E-state index in [1.54, 1.807) is 0 Å². The van der Waals surface area contributed by atoms with Crippen molar-refractivity contribution < 1.29 is 4.52 Å². The zero-order valence-corrected chi connectivity index (χ0v) is 10.5. The fraction of sp³-hybridized carbons (Fsp3) is 0.455. The first kappa shape index (κ1) is 12.3. The highest BCUT2D eigenvalue weighted by Crippen LogP contribution is 2.11. The van der Waals surface area contributed by atoms with E-state index in [-0.39, 0.29) is 0 Å². The second-order valence-corrected chi connectivity index (χ2v) is 3.81. The number of aromatic nitrogens is 4. The zero-order chi connectivity index (χ0) is 12.8. The molecular formula is C11H16N6O. The lowest BCUT2D eigenvalue weighted by Crippen LogP contribution is -2.08. The molecule has 0 saturated carbocycles. The second kappa shape index (κ2) is 5.95. The molecule has 0 aromatic carbocycles. The van der Waals surface area contributed by atoms with Crippen LogP contribution in [-0.2, 0) is 6.54 Å². The minimum Gasteiger partial charge on any atom is -0.370 e. The molecular weight excluding hydrogens is 232 g/mol. The third-order valence-corrected chi connectivity index (χ3v) is 2.23. The standard InChI is InChI=1S/C11H16N6O/c1-3-4-12-9-5-10(16-8(2)15-9)13-6-11-14-7-18-17-11/h5,7H,3-4,6H2,1-2H3,(H2,12,13,15,16). The van der Waals surface area contributed by atoms with Crippen molar-refractivity contribution >= 4 is 11.6 Å². The number of hydrogen-bond donors (Lipinski definition) is 2. The van der Waals surface area contributed by atoms with Gasteiger partial charge in [0.05, 0.1) is 6.54 Å². The van der Waals surface area contributed by atoms with E-state index >= 15 is 0 Å². The normalized spacial score (nSPS) is 10.3. The van der Waals surface area contributed by atoms with E-state index in [9.17, 15) is 0 Å². The number of nitrogens with one attached hydrogen (secondary N) is 2. The molecule has 2 N–H and O–H groups in total. The quantitative estimate of drug-likeness (QED) is 0.802. The maximum Gasteiger partial charge on any atom is 0.213 e. The molecule has 0 unspecified atom stereocenters. The van der Waals surface area contributed by atoms with Crippen LogP contribution in [0.1, 0.15) is 25.0 Å². The van der Waals surface area contributed by atoms with Gasteiger partial charge in [-0.15, -0.1) is 0 Å². The summed E-state index contributed by atoms with van der Waals surface area (Å²) in [5, 5.41) is 10.1. The number of anilines is 2. The van der Waals surface area contributed by atoms with E-state index in [0.29, 0.717) is 18.2 Å². The summed E-state index contributed by atoms with van der Waals surface area (Å²) in [6.45, 7) is 5.33. The molecule has 7 heteroatoms. The van der Waals surface area contributed by atoms with Crippen LogP contribution in [0, 0.1) is 6.92 Å². The molecule has 0 radical (unpaired) electrons. The van der Waals surface area contributed by atoms with Gasteiger partial charge in [0.15, 0.2) is 5.82 Å². The van der Waals surface area contributed by atoms with Crippen molar-refractivity contribution in [2.24, 2.45) is 0 Å². The van der Waals surface area contributed by atoms with Gasteiger partial charge in [-0.25, -0.2) is 9.97 Å². The largest absolute Gasteiger partial charge is 0.370 e. The summed E-state index contributed by atoms with van der Waals surface area (Å²) in [4.78, 5) is 12.5. The number of aryl methyl sites for hydroxylation is 1. The Labute approximate surface area is 105 Å². The van der Waals surface area contributed by atoms with Gasteiger partial charge in [-0.2, -0.15) is 4.98 Å². The first-order valence-electron chi connectivity index (χ1n) is 5.86. The molecule has 18 heavy (non-hydrogen) atoms. The topological polar surface area (TPSA) is 88.8 Å². The zero-order valence-electron chi connectivity index (χ0n) is 10.5. The summed E-state index contributed by atoms with van der Waals surface area (Å²) in [5.41, 5.74) is 0. The van der Waals surface area contributed by atoms with Gasteiger partial charge in [0.2, 0.25) is 6.39 Å². The third-order valence-electron chi connectivity index (χ3n) is 2.23. The van der Waals surface area contributed by atoms with E-state index in [0.717, 1.165) is 24.6 Å². The first-order valence-corrected chi connectivity index (χ1v) is 5.86. The van der Waals surface area contributed by atoms with Crippen LogP contribution < -0.4 is 10.6 Å². The molecule has 0 spiro atoms. The number of hydrogen-bond acceptors (Lipinski definition) is 7. The van der Waals surface area contributed by atoms with Gasteiger partial charge in [-0.3, -0.25) is 0 Å². The van der Waals surface area contributed by atoms with Crippen molar-refractivity contribution in [3.8, 4) is 0 Å². The van der Waals surface area contributed by atoms with Crippen molar-refractivity contribution in [1.82, 2.24) is 20.1 Å². The summed E-state index contributed by atoms with van der Waals surface area (Å²) in [6.07, 6.45) is 2.35. The van der Waals surface area contributed by atoms with Crippen molar-refractivity contribution in [3.05, 3.63) is 24.1 Å². The fourth-order valence-electron chi connectivity index (χ4n) is 1.44. The van der Waals surface area contributed by atoms with Crippen LogP contribution in [0.2, 0.25) is 0 Å². The van der Waals surface area contributed by atoms with Crippen LogP contribution in [-0.4, -0.2) is 26.7 Å². The van der Waals surface area contributed by atoms with Crippen LogP contribution in [0.5, 0.6) is 0 Å². The van der Waals surface area contributed by atoms with Crippen LogP contribution in [0.25, 0.3) is 0 Å². The Kier molecular flexibility index (Phi) is 4.06. The molecule has 2 aromatic rings. The molecule has 96 valence electrons. The lowest BCUT2D eigenvalue weighted by Gasteiger charge is -2.08. The van der Waals surface area contributed by atoms with Gasteiger partial charge < -0.3 is 15.2 Å². The highest BCUT2D eigenvalue weighted by atomic mass is 16.5. The Bertz CT molecular complexity index is 484. The minimum atomic E-state index is 0.472. The lowest BCUT2D eigenvalue weighted by molar-refractivity contribution is 0.411. The van der Waals surface area contributed by atoms with Crippen LogP contribution in [0.3, 0.4) is 0 Å². The lowest BCUT2D eigenvalue weighted by atomic mass is 10.4. The Morgan fingerprint density at radius 3 is 2.67 bits per heavy atom. The fourth-order valence-corrected chi connectivity index (χ4v) is 1.44. The van der Waals surface area contributed by atoms with Crippen LogP contribution in [0.4, 0.5) is 11.6 Å². The molecule has 7 nitrogen and oxygen atoms in total. The maximum atomic E-state index is 4.66. The first-order chi connectivity index (χ1) is 8.78. The summed E-state index contributed by atoms with van der Waals surface area (Å²) >= 11 is 0. The second-order valence-electron chi connectivity index (χ2n) is 3.81. The van der Waals surface area contributed by atoms with Gasteiger partial charge >= 0.3 is 0 Å².